The summed E-state index contributed by atoms with van der Waals surface area (Å²) < 4.78 is 48.9. The summed E-state index contributed by atoms with van der Waals surface area (Å²) in [6, 6.07) is 0. The molecule has 28 atom stereocenters. The van der Waals surface area contributed by atoms with Gasteiger partial charge in [-0.15, -0.1) is 0 Å². The van der Waals surface area contributed by atoms with E-state index in [4.69, 9.17) is 37.9 Å². The molecule has 0 aromatic carbocycles. The Balaban J connectivity index is 0.973. The fraction of sp³-hybridized carbons (Fsp3) is 0.926. The zero-order valence-electron chi connectivity index (χ0n) is 44.7. The summed E-state index contributed by atoms with van der Waals surface area (Å²) in [4.78, 5) is 0. The summed E-state index contributed by atoms with van der Waals surface area (Å²) in [7, 11) is 0. The molecule has 75 heavy (non-hydrogen) atoms. The fourth-order valence-corrected chi connectivity index (χ4v) is 15.9. The molecule has 4 saturated heterocycles. The Morgan fingerprint density at radius 1 is 0.493 bits per heavy atom. The van der Waals surface area contributed by atoms with E-state index in [-0.39, 0.29) is 52.1 Å². The Labute approximate surface area is 439 Å². The summed E-state index contributed by atoms with van der Waals surface area (Å²) in [6.07, 6.45) is -20.5. The summed E-state index contributed by atoms with van der Waals surface area (Å²) in [5, 5.41) is 142. The van der Waals surface area contributed by atoms with E-state index in [1.807, 2.05) is 6.92 Å². The zero-order valence-corrected chi connectivity index (χ0v) is 44.7. The third-order valence-corrected chi connectivity index (χ3v) is 21.0. The van der Waals surface area contributed by atoms with Crippen molar-refractivity contribution in [2.75, 3.05) is 26.4 Å². The van der Waals surface area contributed by atoms with Crippen LogP contribution in [-0.2, 0) is 37.9 Å². The lowest BCUT2D eigenvalue weighted by molar-refractivity contribution is -0.397. The molecule has 4 saturated carbocycles. The van der Waals surface area contributed by atoms with Gasteiger partial charge in [0.05, 0.1) is 38.1 Å². The normalized spacial score (nSPS) is 54.9. The molecule has 21 nitrogen and oxygen atoms in total. The number of ether oxygens (including phenoxy) is 8. The smallest absolute Gasteiger partial charge is 0.187 e. The molecule has 0 bridgehead atoms. The largest absolute Gasteiger partial charge is 0.396 e. The lowest BCUT2D eigenvalue weighted by Crippen LogP contribution is -2.68. The van der Waals surface area contributed by atoms with E-state index in [2.05, 4.69) is 46.8 Å². The second-order valence-electron chi connectivity index (χ2n) is 25.7. The van der Waals surface area contributed by atoms with Crippen LogP contribution in [0.1, 0.15) is 113 Å². The maximum Gasteiger partial charge on any atom is 0.187 e. The van der Waals surface area contributed by atoms with Crippen LogP contribution in [0.25, 0.3) is 0 Å². The molecular weight excluding hydrogens is 985 g/mol. The Hall–Kier alpha value is -1.36. The van der Waals surface area contributed by atoms with Gasteiger partial charge in [0.25, 0.3) is 0 Å². The first-order valence-electron chi connectivity index (χ1n) is 27.4. The Morgan fingerprint density at radius 2 is 1.07 bits per heavy atom. The van der Waals surface area contributed by atoms with Gasteiger partial charge in [0.15, 0.2) is 25.2 Å². The van der Waals surface area contributed by atoms with Crippen molar-refractivity contribution >= 4 is 0 Å². The van der Waals surface area contributed by atoms with Crippen LogP contribution in [0.4, 0.5) is 0 Å². The first-order valence-corrected chi connectivity index (χ1v) is 27.4. The van der Waals surface area contributed by atoms with E-state index in [0.29, 0.717) is 12.8 Å². The Kier molecular flexibility index (Phi) is 16.5. The van der Waals surface area contributed by atoms with E-state index >= 15 is 0 Å². The second kappa shape index (κ2) is 21.2. The molecule has 8 fully saturated rings. The van der Waals surface area contributed by atoms with Crippen LogP contribution in [0, 0.1) is 44.3 Å². The molecule has 4 aliphatic heterocycles. The lowest BCUT2D eigenvalue weighted by atomic mass is 9.36. The molecule has 430 valence electrons. The first kappa shape index (κ1) is 58.3. The van der Waals surface area contributed by atoms with Crippen LogP contribution in [0.3, 0.4) is 0 Å². The number of rotatable bonds is 12. The predicted octanol–water partition coefficient (Wildman–Crippen LogP) is -0.614. The van der Waals surface area contributed by atoms with Crippen LogP contribution in [0.2, 0.25) is 0 Å². The molecule has 21 heteroatoms. The van der Waals surface area contributed by atoms with Gasteiger partial charge in [0, 0.05) is 17.4 Å². The van der Waals surface area contributed by atoms with Gasteiger partial charge in [-0.05, 0) is 105 Å². The van der Waals surface area contributed by atoms with Crippen LogP contribution >= 0.6 is 0 Å². The highest BCUT2D eigenvalue weighted by Gasteiger charge is 2.68. The fourth-order valence-electron chi connectivity index (χ4n) is 15.9. The topological polar surface area (TPSA) is 337 Å². The van der Waals surface area contributed by atoms with Gasteiger partial charge in [0.1, 0.15) is 85.5 Å². The molecule has 13 N–H and O–H groups in total. The third-order valence-electron chi connectivity index (χ3n) is 21.0. The van der Waals surface area contributed by atoms with E-state index in [1.54, 1.807) is 6.92 Å². The van der Waals surface area contributed by atoms with Crippen molar-refractivity contribution in [3.8, 4) is 0 Å². The SMILES string of the molecule is C[C@@H]1O[C@@H](O[C@H]2[C@@H](O)[C@@H](O)[C@H](O[C@@H]3[C@H](O)[C@@H](O[C@@H]4O[C@H](CO)[C@@H](O)[C@H](O)[C@H]4O)[C@H](O[C@H]4CC[C@]5(C)C6=CC=C7[C@@H]8CC(C)(C)CC[C@]8(CO)CCC7(C)[C@]6(C)CC[C@H]5[C@]4(C)CO)O[C@@H]3C)O[C@@H]2CO)[C@H](O)[C@@H](O)[C@@H]1O. The van der Waals surface area contributed by atoms with Crippen LogP contribution in [0.5, 0.6) is 0 Å². The van der Waals surface area contributed by atoms with Gasteiger partial charge >= 0.3 is 0 Å². The summed E-state index contributed by atoms with van der Waals surface area (Å²) in [5.74, 6) is 0.184. The van der Waals surface area contributed by atoms with E-state index in [1.165, 1.54) is 18.1 Å². The Morgan fingerprint density at radius 3 is 1.71 bits per heavy atom. The maximum absolute atomic E-state index is 12.4. The van der Waals surface area contributed by atoms with Gasteiger partial charge in [-0.2, -0.15) is 0 Å². The molecule has 5 aliphatic carbocycles. The molecule has 0 spiro atoms. The number of aliphatic hydroxyl groups is 13. The van der Waals surface area contributed by atoms with E-state index < -0.39 is 148 Å². The number of allylic oxidation sites excluding steroid dienone is 4. The minimum Gasteiger partial charge on any atom is -0.396 e. The van der Waals surface area contributed by atoms with Crippen molar-refractivity contribution in [3.05, 3.63) is 23.3 Å². The van der Waals surface area contributed by atoms with Crippen molar-refractivity contribution in [3.63, 3.8) is 0 Å². The number of hydrogen-bond acceptors (Lipinski definition) is 21. The van der Waals surface area contributed by atoms with E-state index in [0.717, 1.165) is 44.9 Å². The van der Waals surface area contributed by atoms with Crippen LogP contribution < -0.4 is 0 Å². The Bertz CT molecular complexity index is 2070. The zero-order chi connectivity index (χ0) is 54.7. The highest BCUT2D eigenvalue weighted by molar-refractivity contribution is 5.46. The average molecular weight is 1070 g/mol. The van der Waals surface area contributed by atoms with E-state index in [9.17, 15) is 66.4 Å². The average Bonchev–Trinajstić information content (AvgIpc) is 3.37. The van der Waals surface area contributed by atoms with Gasteiger partial charge in [0.2, 0.25) is 0 Å². The predicted molar refractivity (Wildman–Crippen MR) is 261 cm³/mol. The molecule has 1 unspecified atom stereocenters. The second-order valence-corrected chi connectivity index (χ2v) is 25.7. The standard InChI is InChI=1S/C54H88O21/c1-24-33(59)35(61)38(64)45(68-24)74-43-29(21-56)71-47(40(66)37(43)63)73-42-25(2)69-48(44(41(42)67)75-46-39(65)36(62)34(60)28(20-55)70-46)72-32-12-13-50(5)30(51(32,6)22-57)11-14-53(8)31(50)10-9-26-27-19-49(3,4)15-17-54(27,23-58)18-16-52(26,53)7/h9-10,24-25,27-30,32-48,55-67H,11-23H2,1-8H3/t24-,25+,27-,28+,29+,30+,32-,33+,34+,35-,36-,37-,38+,39+,40+,41-,42-,43+,44+,45-,46-,47-,48-,50-,51-,52?,53+,54+/m0/s1. The van der Waals surface area contributed by atoms with Gasteiger partial charge in [-0.1, -0.05) is 64.8 Å². The summed E-state index contributed by atoms with van der Waals surface area (Å²) in [6.45, 7) is 15.2. The molecule has 9 rings (SSSR count). The minimum absolute atomic E-state index is 0.0937. The monoisotopic (exact) mass is 1070 g/mol. The van der Waals surface area contributed by atoms with Crippen molar-refractivity contribution < 1.29 is 104 Å². The number of fused-ring (bicyclic) bond motifs is 7. The van der Waals surface area contributed by atoms with Crippen LogP contribution in [0.15, 0.2) is 23.3 Å². The first-order chi connectivity index (χ1) is 35.2. The molecular formula is C54H88O21. The lowest BCUT2D eigenvalue weighted by Gasteiger charge is -2.69. The minimum atomic E-state index is -1.95. The van der Waals surface area contributed by atoms with Crippen LogP contribution in [-0.4, -0.2) is 222 Å². The van der Waals surface area contributed by atoms with Crippen molar-refractivity contribution in [2.24, 2.45) is 44.3 Å². The van der Waals surface area contributed by atoms with Crippen molar-refractivity contribution in [1.29, 1.82) is 0 Å². The molecule has 0 amide bonds. The van der Waals surface area contributed by atoms with Gasteiger partial charge in [-0.3, -0.25) is 0 Å². The molecule has 4 heterocycles. The van der Waals surface area contributed by atoms with Crippen molar-refractivity contribution in [2.45, 2.75) is 242 Å². The highest BCUT2D eigenvalue weighted by atomic mass is 16.8. The quantitative estimate of drug-likeness (QED) is 0.108. The summed E-state index contributed by atoms with van der Waals surface area (Å²) in [5.41, 5.74) is 1.25. The molecule has 9 aliphatic rings. The third kappa shape index (κ3) is 9.47. The number of aliphatic hydroxyl groups excluding tert-OH is 13. The molecule has 0 radical (unpaired) electrons. The van der Waals surface area contributed by atoms with Gasteiger partial charge < -0.3 is 104 Å². The highest BCUT2D eigenvalue weighted by Crippen LogP contribution is 2.75. The number of hydrogen-bond donors (Lipinski definition) is 13. The maximum atomic E-state index is 12.4. The summed E-state index contributed by atoms with van der Waals surface area (Å²) >= 11 is 0. The van der Waals surface area contributed by atoms with Gasteiger partial charge in [-0.25, -0.2) is 0 Å². The van der Waals surface area contributed by atoms with Crippen molar-refractivity contribution in [1.82, 2.24) is 0 Å². The molecule has 0 aromatic heterocycles. The molecule has 0 aromatic rings.